The Labute approximate surface area is 275 Å². The normalized spacial score (nSPS) is 37.3. The lowest BCUT2D eigenvalue weighted by molar-refractivity contribution is -0.165. The highest BCUT2D eigenvalue weighted by molar-refractivity contribution is 7.17. The number of nitrogens with one attached hydrogen (secondary N) is 3. The van der Waals surface area contributed by atoms with Crippen molar-refractivity contribution in [2.45, 2.75) is 135 Å². The fourth-order valence-electron chi connectivity index (χ4n) is 10.6. The summed E-state index contributed by atoms with van der Waals surface area (Å²) in [7, 11) is 3.16. The van der Waals surface area contributed by atoms with E-state index in [1.54, 1.807) is 0 Å². The molecule has 8 nitrogen and oxygen atoms in total. The van der Waals surface area contributed by atoms with Gasteiger partial charge in [-0.25, -0.2) is 0 Å². The zero-order valence-corrected chi connectivity index (χ0v) is 29.7. The van der Waals surface area contributed by atoms with E-state index >= 15 is 0 Å². The van der Waals surface area contributed by atoms with Crippen LogP contribution in [0.2, 0.25) is 0 Å². The summed E-state index contributed by atoms with van der Waals surface area (Å²) in [4.78, 5) is 21.8. The first kappa shape index (κ1) is 37.0. The molecule has 0 aromatic rings. The first-order chi connectivity index (χ1) is 21.5. The topological polar surface area (TPSA) is 131 Å². The third kappa shape index (κ3) is 9.22. The van der Waals surface area contributed by atoms with Crippen LogP contribution in [0.25, 0.3) is 0 Å². The third-order valence-corrected chi connectivity index (χ3v) is 14.1. The molecule has 0 heterocycles. The van der Waals surface area contributed by atoms with Crippen LogP contribution in [-0.2, 0) is 9.59 Å². The maximum absolute atomic E-state index is 11.8. The summed E-state index contributed by atoms with van der Waals surface area (Å²) in [5.74, 6) is 1.28. The molecule has 4 aliphatic carbocycles. The van der Waals surface area contributed by atoms with Gasteiger partial charge in [0.2, 0.25) is 0 Å². The summed E-state index contributed by atoms with van der Waals surface area (Å²) >= 11 is 0. The van der Waals surface area contributed by atoms with E-state index in [1.807, 2.05) is 6.92 Å². The van der Waals surface area contributed by atoms with Crippen LogP contribution in [0.1, 0.15) is 117 Å². The minimum Gasteiger partial charge on any atom is -0.481 e. The van der Waals surface area contributed by atoms with Gasteiger partial charge in [-0.05, 0) is 156 Å². The van der Waals surface area contributed by atoms with Gasteiger partial charge in [-0.1, -0.05) is 27.2 Å². The van der Waals surface area contributed by atoms with Crippen molar-refractivity contribution < 1.29 is 24.9 Å². The molecule has 12 atom stereocenters. The number of aliphatic carboxylic acids is 2. The van der Waals surface area contributed by atoms with Crippen molar-refractivity contribution in [1.82, 2.24) is 16.0 Å². The van der Waals surface area contributed by atoms with Gasteiger partial charge in [0.15, 0.2) is 0 Å². The van der Waals surface area contributed by atoms with Crippen molar-refractivity contribution in [3.8, 4) is 0 Å². The van der Waals surface area contributed by atoms with Crippen LogP contribution in [0.15, 0.2) is 0 Å². The Kier molecular flexibility index (Phi) is 14.0. The lowest BCUT2D eigenvalue weighted by atomic mass is 9.44. The molecule has 260 valence electrons. The molecule has 0 spiro atoms. The summed E-state index contributed by atoms with van der Waals surface area (Å²) in [5.41, 5.74) is 1.18. The molecule has 4 saturated carbocycles. The summed E-state index contributed by atoms with van der Waals surface area (Å²) in [6.45, 7) is 11.5. The Morgan fingerprint density at radius 2 is 1.49 bits per heavy atom. The average molecular weight is 652 g/mol. The highest BCUT2D eigenvalue weighted by Crippen LogP contribution is 2.68. The summed E-state index contributed by atoms with van der Waals surface area (Å²) in [6, 6.07) is 0.565. The van der Waals surface area contributed by atoms with Crippen molar-refractivity contribution in [2.75, 3.05) is 32.7 Å². The van der Waals surface area contributed by atoms with Crippen molar-refractivity contribution in [2.24, 2.45) is 46.3 Å². The van der Waals surface area contributed by atoms with Crippen LogP contribution in [0.3, 0.4) is 0 Å². The minimum atomic E-state index is -0.746. The molecule has 0 aromatic carbocycles. The molecule has 0 bridgehead atoms. The predicted molar refractivity (Wildman–Crippen MR) is 184 cm³/mol. The van der Waals surface area contributed by atoms with E-state index in [0.29, 0.717) is 58.7 Å². The lowest BCUT2D eigenvalue weighted by Crippen LogP contribution is -2.59. The van der Waals surface area contributed by atoms with Gasteiger partial charge in [0.1, 0.15) is 0 Å². The number of fused-ring (bicyclic) bond motifs is 5. The van der Waals surface area contributed by atoms with Gasteiger partial charge in [-0.15, -0.1) is 9.24 Å². The number of hydrogen-bond donors (Lipinski definition) is 6. The molecule has 6 N–H and O–H groups in total. The molecular formula is C36H66N3O5P. The van der Waals surface area contributed by atoms with E-state index in [1.165, 1.54) is 44.9 Å². The van der Waals surface area contributed by atoms with Crippen molar-refractivity contribution in [3.63, 3.8) is 0 Å². The van der Waals surface area contributed by atoms with Gasteiger partial charge in [0.05, 0.1) is 18.4 Å². The van der Waals surface area contributed by atoms with Crippen molar-refractivity contribution in [1.29, 1.82) is 0 Å². The molecular weight excluding hydrogens is 585 g/mol. The van der Waals surface area contributed by atoms with Gasteiger partial charge in [-0.3, -0.25) is 9.59 Å². The molecule has 9 heteroatoms. The number of rotatable bonds is 19. The Hall–Kier alpha value is -0.790. The second kappa shape index (κ2) is 17.0. The molecule has 45 heavy (non-hydrogen) atoms. The van der Waals surface area contributed by atoms with Crippen LogP contribution >= 0.6 is 9.24 Å². The summed E-state index contributed by atoms with van der Waals surface area (Å²) < 4.78 is 0. The SMILES string of the molecule is C[C@@H](CCC[C@@H](P)[C@H]1CCC2C3C(CC[C@@]21C)[C@@]1(C)CC[C@H](NCCCNCCCCNCCC(=O)O)C[C@@H]1C[C@H]3O)C(=O)O. The Morgan fingerprint density at radius 1 is 0.822 bits per heavy atom. The summed E-state index contributed by atoms with van der Waals surface area (Å²) in [5, 5.41) is 40.3. The van der Waals surface area contributed by atoms with Crippen molar-refractivity contribution in [3.05, 3.63) is 0 Å². The van der Waals surface area contributed by atoms with Gasteiger partial charge in [0, 0.05) is 12.6 Å². The monoisotopic (exact) mass is 651 g/mol. The van der Waals surface area contributed by atoms with E-state index in [4.69, 9.17) is 5.11 Å². The smallest absolute Gasteiger partial charge is 0.306 e. The standard InChI is InChI=1S/C36H66N3O5P/c1-24(34(43)44)8-6-9-31(45)27-10-11-28-33-29(13-16-36(27,28)3)35(2)15-12-26(22-25(35)23-30(33)40)39-20-7-19-37-17-4-5-18-38-21-14-32(41)42/h24-31,33,37-40H,4-23,45H2,1-3H3,(H,41,42)(H,43,44)/t24-,25+,26-,27+,28?,29?,30+,31+,33?,35-,36+/m0/s1. The Morgan fingerprint density at radius 3 is 2.20 bits per heavy atom. The molecule has 4 fully saturated rings. The molecule has 4 unspecified atom stereocenters. The third-order valence-electron chi connectivity index (χ3n) is 13.3. The van der Waals surface area contributed by atoms with Gasteiger partial charge >= 0.3 is 11.9 Å². The molecule has 4 rings (SSSR count). The fourth-order valence-corrected chi connectivity index (χ4v) is 11.5. The number of carboxylic acids is 2. The van der Waals surface area contributed by atoms with E-state index < -0.39 is 11.9 Å². The molecule has 0 aliphatic heterocycles. The zero-order valence-electron chi connectivity index (χ0n) is 28.6. The minimum absolute atomic E-state index is 0.175. The lowest BCUT2D eigenvalue weighted by Gasteiger charge is -2.62. The van der Waals surface area contributed by atoms with Crippen LogP contribution in [0, 0.1) is 46.3 Å². The number of hydrogen-bond acceptors (Lipinski definition) is 6. The quantitative estimate of drug-likeness (QED) is 0.0794. The predicted octanol–water partition coefficient (Wildman–Crippen LogP) is 5.53. The molecule has 0 aromatic heterocycles. The van der Waals surface area contributed by atoms with Crippen LogP contribution in [0.5, 0.6) is 0 Å². The van der Waals surface area contributed by atoms with Gasteiger partial charge < -0.3 is 31.3 Å². The Balaban J connectivity index is 1.18. The largest absolute Gasteiger partial charge is 0.481 e. The van der Waals surface area contributed by atoms with Crippen molar-refractivity contribution >= 4 is 21.2 Å². The van der Waals surface area contributed by atoms with Gasteiger partial charge in [0.25, 0.3) is 0 Å². The highest BCUT2D eigenvalue weighted by atomic mass is 31.0. The van der Waals surface area contributed by atoms with E-state index in [0.717, 1.165) is 71.1 Å². The van der Waals surface area contributed by atoms with Gasteiger partial charge in [-0.2, -0.15) is 0 Å². The van der Waals surface area contributed by atoms with Crippen LogP contribution in [-0.4, -0.2) is 77.8 Å². The van der Waals surface area contributed by atoms with E-state index in [-0.39, 0.29) is 18.4 Å². The fraction of sp³-hybridized carbons (Fsp3) is 0.944. The number of aliphatic hydroxyl groups excluding tert-OH is 1. The number of carboxylic acid groups (broad SMARTS) is 2. The number of aliphatic hydroxyl groups is 1. The zero-order chi connectivity index (χ0) is 32.6. The first-order valence-corrected chi connectivity index (χ1v) is 19.2. The Bertz CT molecular complexity index is 956. The molecule has 0 radical (unpaired) electrons. The van der Waals surface area contributed by atoms with Crippen LogP contribution < -0.4 is 16.0 Å². The number of unbranched alkanes of at least 4 members (excludes halogenated alkanes) is 1. The maximum Gasteiger partial charge on any atom is 0.306 e. The second-order valence-corrected chi connectivity index (χ2v) is 16.8. The van der Waals surface area contributed by atoms with E-state index in [9.17, 15) is 19.8 Å². The van der Waals surface area contributed by atoms with E-state index in [2.05, 4.69) is 39.0 Å². The van der Waals surface area contributed by atoms with Crippen LogP contribution in [0.4, 0.5) is 0 Å². The molecule has 4 aliphatic rings. The first-order valence-electron chi connectivity index (χ1n) is 18.5. The number of carbonyl (C=O) groups is 2. The molecule has 0 saturated heterocycles. The summed E-state index contributed by atoms with van der Waals surface area (Å²) in [6.07, 6.45) is 15.9. The second-order valence-electron chi connectivity index (χ2n) is 16.0. The highest BCUT2D eigenvalue weighted by Gasteiger charge is 2.62. The average Bonchev–Trinajstić information content (AvgIpc) is 3.35. The molecule has 0 amide bonds. The maximum atomic E-state index is 11.8.